The first-order valence-corrected chi connectivity index (χ1v) is 6.26. The number of hydrogen-bond acceptors (Lipinski definition) is 4. The minimum absolute atomic E-state index is 0.0574. The molecule has 1 aromatic carbocycles. The summed E-state index contributed by atoms with van der Waals surface area (Å²) < 4.78 is 38.6. The zero-order valence-corrected chi connectivity index (χ0v) is 11.2. The van der Waals surface area contributed by atoms with E-state index in [1.165, 1.54) is 29.2 Å². The number of nitrogens with zero attached hydrogens (tertiary/aromatic N) is 3. The monoisotopic (exact) mass is 315 g/mol. The Morgan fingerprint density at radius 1 is 1.32 bits per heavy atom. The van der Waals surface area contributed by atoms with Crippen LogP contribution in [0.3, 0.4) is 0 Å². The zero-order valence-electron chi connectivity index (χ0n) is 11.2. The highest BCUT2D eigenvalue weighted by Crippen LogP contribution is 2.29. The fourth-order valence-corrected chi connectivity index (χ4v) is 1.95. The van der Waals surface area contributed by atoms with Gasteiger partial charge in [0.1, 0.15) is 6.20 Å². The Labute approximate surface area is 123 Å². The molecule has 0 amide bonds. The lowest BCUT2D eigenvalue weighted by atomic mass is 10.1. The Hall–Kier alpha value is -2.42. The molecule has 0 aliphatic carbocycles. The van der Waals surface area contributed by atoms with Crippen molar-refractivity contribution in [2.24, 2.45) is 0 Å². The SMILES string of the molecule is O=[N+]([O-])c1cn(CC(O)Cc2ccc(C(F)(F)F)cc2)cn1. The van der Waals surface area contributed by atoms with Gasteiger partial charge in [0, 0.05) is 6.42 Å². The molecule has 0 bridgehead atoms. The Morgan fingerprint density at radius 2 is 1.95 bits per heavy atom. The molecule has 6 nitrogen and oxygen atoms in total. The fraction of sp³-hybridized carbons (Fsp3) is 0.308. The first kappa shape index (κ1) is 16.0. The maximum Gasteiger partial charge on any atom is 0.416 e. The number of halogens is 3. The molecule has 9 heteroatoms. The van der Waals surface area contributed by atoms with E-state index in [4.69, 9.17) is 0 Å². The third kappa shape index (κ3) is 4.04. The van der Waals surface area contributed by atoms with Gasteiger partial charge in [-0.15, -0.1) is 0 Å². The fourth-order valence-electron chi connectivity index (χ4n) is 1.95. The van der Waals surface area contributed by atoms with Gasteiger partial charge in [0.25, 0.3) is 0 Å². The highest BCUT2D eigenvalue weighted by Gasteiger charge is 2.29. The van der Waals surface area contributed by atoms with E-state index in [9.17, 15) is 28.4 Å². The molecule has 1 heterocycles. The summed E-state index contributed by atoms with van der Waals surface area (Å²) in [5, 5.41) is 20.4. The summed E-state index contributed by atoms with van der Waals surface area (Å²) in [6.45, 7) is 0.0574. The van der Waals surface area contributed by atoms with Gasteiger partial charge in [0.2, 0.25) is 6.33 Å². The third-order valence-corrected chi connectivity index (χ3v) is 2.98. The van der Waals surface area contributed by atoms with Crippen molar-refractivity contribution >= 4 is 5.82 Å². The van der Waals surface area contributed by atoms with Gasteiger partial charge in [-0.3, -0.25) is 0 Å². The second-order valence-electron chi connectivity index (χ2n) is 4.74. The highest BCUT2D eigenvalue weighted by molar-refractivity contribution is 5.25. The Balaban J connectivity index is 1.96. The van der Waals surface area contributed by atoms with E-state index in [1.54, 1.807) is 0 Å². The van der Waals surface area contributed by atoms with Crippen molar-refractivity contribution in [3.63, 3.8) is 0 Å². The number of aromatic nitrogens is 2. The van der Waals surface area contributed by atoms with E-state index in [0.717, 1.165) is 12.1 Å². The first-order chi connectivity index (χ1) is 10.3. The summed E-state index contributed by atoms with van der Waals surface area (Å²) in [6.07, 6.45) is -2.77. The van der Waals surface area contributed by atoms with E-state index >= 15 is 0 Å². The third-order valence-electron chi connectivity index (χ3n) is 2.98. The average molecular weight is 315 g/mol. The summed E-state index contributed by atoms with van der Waals surface area (Å²) in [4.78, 5) is 13.4. The molecule has 1 N–H and O–H groups in total. The summed E-state index contributed by atoms with van der Waals surface area (Å²) in [5.74, 6) is -0.332. The number of hydrogen-bond donors (Lipinski definition) is 1. The standard InChI is InChI=1S/C13H12F3N3O3/c14-13(15,16)10-3-1-9(2-4-10)5-11(20)6-18-7-12(17-8-18)19(21)22/h1-4,7-8,11,20H,5-6H2. The summed E-state index contributed by atoms with van der Waals surface area (Å²) in [6, 6.07) is 4.49. The van der Waals surface area contributed by atoms with Gasteiger partial charge in [-0.25, -0.2) is 0 Å². The minimum atomic E-state index is -4.40. The zero-order chi connectivity index (χ0) is 16.3. The predicted octanol–water partition coefficient (Wildman–Crippen LogP) is 2.41. The summed E-state index contributed by atoms with van der Waals surface area (Å²) in [7, 11) is 0. The van der Waals surface area contributed by atoms with Gasteiger partial charge in [-0.05, 0) is 27.6 Å². The average Bonchev–Trinajstić information content (AvgIpc) is 2.86. The van der Waals surface area contributed by atoms with E-state index in [-0.39, 0.29) is 18.8 Å². The van der Waals surface area contributed by atoms with E-state index in [0.29, 0.717) is 5.56 Å². The summed E-state index contributed by atoms with van der Waals surface area (Å²) in [5.41, 5.74) is -0.217. The molecule has 118 valence electrons. The molecular formula is C13H12F3N3O3. The molecule has 0 saturated heterocycles. The molecule has 1 atom stereocenters. The number of aliphatic hydroxyl groups excluding tert-OH is 1. The van der Waals surface area contributed by atoms with Crippen LogP contribution in [0.1, 0.15) is 11.1 Å². The van der Waals surface area contributed by atoms with Crippen molar-refractivity contribution < 1.29 is 23.2 Å². The summed E-state index contributed by atoms with van der Waals surface area (Å²) >= 11 is 0. The van der Waals surface area contributed by atoms with Crippen LogP contribution >= 0.6 is 0 Å². The Kier molecular flexibility index (Phi) is 4.45. The van der Waals surface area contributed by atoms with Gasteiger partial charge in [0.15, 0.2) is 0 Å². The second kappa shape index (κ2) is 6.14. The molecule has 1 aromatic heterocycles. The predicted molar refractivity (Wildman–Crippen MR) is 70.0 cm³/mol. The topological polar surface area (TPSA) is 81.2 Å². The molecule has 2 rings (SSSR count). The number of imidazole rings is 1. The van der Waals surface area contributed by atoms with Gasteiger partial charge >= 0.3 is 12.0 Å². The number of aliphatic hydroxyl groups is 1. The molecule has 2 aromatic rings. The molecule has 0 fully saturated rings. The van der Waals surface area contributed by atoms with E-state index in [1.807, 2.05) is 0 Å². The van der Waals surface area contributed by atoms with Crippen LogP contribution in [0.4, 0.5) is 19.0 Å². The van der Waals surface area contributed by atoms with Crippen LogP contribution in [0.15, 0.2) is 36.8 Å². The van der Waals surface area contributed by atoms with Crippen molar-refractivity contribution in [3.8, 4) is 0 Å². The molecule has 0 spiro atoms. The van der Waals surface area contributed by atoms with Crippen molar-refractivity contribution in [2.75, 3.05) is 0 Å². The maximum atomic E-state index is 12.4. The van der Waals surface area contributed by atoms with Gasteiger partial charge in [-0.1, -0.05) is 12.1 Å². The Morgan fingerprint density at radius 3 is 2.45 bits per heavy atom. The molecule has 0 aliphatic rings. The van der Waals surface area contributed by atoms with Crippen molar-refractivity contribution in [1.29, 1.82) is 0 Å². The van der Waals surface area contributed by atoms with Gasteiger partial charge in [0.05, 0.1) is 18.2 Å². The van der Waals surface area contributed by atoms with E-state index < -0.39 is 22.8 Å². The molecule has 22 heavy (non-hydrogen) atoms. The van der Waals surface area contributed by atoms with Crippen LogP contribution in [0.2, 0.25) is 0 Å². The molecule has 0 radical (unpaired) electrons. The molecule has 1 unspecified atom stereocenters. The number of rotatable bonds is 5. The quantitative estimate of drug-likeness (QED) is 0.678. The van der Waals surface area contributed by atoms with Crippen molar-refractivity contribution in [1.82, 2.24) is 9.55 Å². The van der Waals surface area contributed by atoms with Crippen molar-refractivity contribution in [3.05, 3.63) is 58.0 Å². The van der Waals surface area contributed by atoms with Gasteiger partial charge < -0.3 is 19.8 Å². The molecular weight excluding hydrogens is 303 g/mol. The Bertz CT molecular complexity index is 653. The van der Waals surface area contributed by atoms with Crippen LogP contribution < -0.4 is 0 Å². The van der Waals surface area contributed by atoms with Crippen LogP contribution in [-0.4, -0.2) is 25.7 Å². The van der Waals surface area contributed by atoms with Crippen LogP contribution in [0.25, 0.3) is 0 Å². The number of nitro groups is 1. The lowest BCUT2D eigenvalue weighted by molar-refractivity contribution is -0.389. The van der Waals surface area contributed by atoms with Crippen LogP contribution in [-0.2, 0) is 19.1 Å². The molecule has 0 aliphatic heterocycles. The lowest BCUT2D eigenvalue weighted by Gasteiger charge is -2.12. The van der Waals surface area contributed by atoms with E-state index in [2.05, 4.69) is 4.98 Å². The minimum Gasteiger partial charge on any atom is -0.391 e. The number of benzene rings is 1. The largest absolute Gasteiger partial charge is 0.416 e. The normalized spacial score (nSPS) is 13.1. The highest BCUT2D eigenvalue weighted by atomic mass is 19.4. The number of alkyl halides is 3. The van der Waals surface area contributed by atoms with Crippen LogP contribution in [0.5, 0.6) is 0 Å². The maximum absolute atomic E-state index is 12.4. The lowest BCUT2D eigenvalue weighted by Crippen LogP contribution is -2.18. The van der Waals surface area contributed by atoms with Crippen LogP contribution in [0, 0.1) is 10.1 Å². The van der Waals surface area contributed by atoms with Gasteiger partial charge in [-0.2, -0.15) is 13.2 Å². The first-order valence-electron chi connectivity index (χ1n) is 6.26. The smallest absolute Gasteiger partial charge is 0.391 e. The second-order valence-corrected chi connectivity index (χ2v) is 4.74. The molecule has 0 saturated carbocycles. The van der Waals surface area contributed by atoms with Crippen molar-refractivity contribution in [2.45, 2.75) is 25.2 Å².